The Bertz CT molecular complexity index is 889. The molecule has 0 amide bonds. The predicted molar refractivity (Wildman–Crippen MR) is 107 cm³/mol. The number of anilines is 4. The van der Waals surface area contributed by atoms with Gasteiger partial charge in [-0.15, -0.1) is 0 Å². The molecule has 26 heavy (non-hydrogen) atoms. The summed E-state index contributed by atoms with van der Waals surface area (Å²) in [6.07, 6.45) is 2.87. The molecule has 0 saturated carbocycles. The van der Waals surface area contributed by atoms with E-state index in [0.29, 0.717) is 5.95 Å². The molecule has 2 heterocycles. The summed E-state index contributed by atoms with van der Waals surface area (Å²) in [6.45, 7) is 1.87. The average molecular weight is 345 g/mol. The first-order chi connectivity index (χ1) is 12.7. The summed E-state index contributed by atoms with van der Waals surface area (Å²) in [7, 11) is 4.07. The second-order valence-corrected chi connectivity index (χ2v) is 6.75. The van der Waals surface area contributed by atoms with Gasteiger partial charge < -0.3 is 15.1 Å². The van der Waals surface area contributed by atoms with Crippen molar-refractivity contribution in [3.05, 3.63) is 71.9 Å². The van der Waals surface area contributed by atoms with E-state index in [-0.39, 0.29) is 0 Å². The first-order valence-corrected chi connectivity index (χ1v) is 8.88. The van der Waals surface area contributed by atoms with Gasteiger partial charge in [-0.3, -0.25) is 0 Å². The molecule has 5 nitrogen and oxygen atoms in total. The van der Waals surface area contributed by atoms with E-state index >= 15 is 0 Å². The van der Waals surface area contributed by atoms with Crippen molar-refractivity contribution >= 4 is 23.1 Å². The van der Waals surface area contributed by atoms with Crippen LogP contribution in [0.2, 0.25) is 0 Å². The van der Waals surface area contributed by atoms with Gasteiger partial charge >= 0.3 is 0 Å². The van der Waals surface area contributed by atoms with Crippen LogP contribution in [0.1, 0.15) is 11.1 Å². The van der Waals surface area contributed by atoms with Crippen LogP contribution in [0.4, 0.5) is 23.1 Å². The van der Waals surface area contributed by atoms with Crippen LogP contribution in [-0.4, -0.2) is 30.6 Å². The van der Waals surface area contributed by atoms with E-state index in [0.717, 1.165) is 36.7 Å². The number of aromatic nitrogens is 2. The second kappa shape index (κ2) is 7.04. The lowest BCUT2D eigenvalue weighted by atomic mass is 10.00. The molecule has 1 aliphatic rings. The molecule has 5 heteroatoms. The van der Waals surface area contributed by atoms with Gasteiger partial charge in [0.05, 0.1) is 0 Å². The monoisotopic (exact) mass is 345 g/mol. The lowest BCUT2D eigenvalue weighted by Crippen LogP contribution is -2.31. The maximum absolute atomic E-state index is 4.72. The Kier molecular flexibility index (Phi) is 4.44. The fourth-order valence-corrected chi connectivity index (χ4v) is 3.25. The van der Waals surface area contributed by atoms with Crippen molar-refractivity contribution < 1.29 is 0 Å². The number of hydrogen-bond donors (Lipinski definition) is 1. The zero-order chi connectivity index (χ0) is 17.9. The molecule has 0 saturated heterocycles. The van der Waals surface area contributed by atoms with Crippen molar-refractivity contribution in [1.82, 2.24) is 9.97 Å². The summed E-state index contributed by atoms with van der Waals surface area (Å²) in [5, 5.41) is 3.30. The van der Waals surface area contributed by atoms with Crippen molar-refractivity contribution in [2.24, 2.45) is 0 Å². The summed E-state index contributed by atoms with van der Waals surface area (Å²) in [4.78, 5) is 13.5. The Morgan fingerprint density at radius 3 is 2.50 bits per heavy atom. The van der Waals surface area contributed by atoms with Crippen LogP contribution in [0.3, 0.4) is 0 Å². The molecular formula is C21H23N5. The second-order valence-electron chi connectivity index (χ2n) is 6.75. The lowest BCUT2D eigenvalue weighted by Gasteiger charge is -2.29. The molecule has 0 atom stereocenters. The molecule has 0 aliphatic carbocycles. The Labute approximate surface area is 154 Å². The minimum atomic E-state index is 0.624. The van der Waals surface area contributed by atoms with Crippen LogP contribution < -0.4 is 15.1 Å². The number of nitrogens with one attached hydrogen (secondary N) is 1. The van der Waals surface area contributed by atoms with E-state index in [4.69, 9.17) is 4.98 Å². The van der Waals surface area contributed by atoms with Crippen molar-refractivity contribution in [3.8, 4) is 0 Å². The fraction of sp³-hybridized carbons (Fsp3) is 0.238. The van der Waals surface area contributed by atoms with Crippen LogP contribution in [0.5, 0.6) is 0 Å². The van der Waals surface area contributed by atoms with Gasteiger partial charge in [-0.2, -0.15) is 4.98 Å². The smallest absolute Gasteiger partial charge is 0.229 e. The normalized spacial score (nSPS) is 13.2. The van der Waals surface area contributed by atoms with Crippen LogP contribution in [0, 0.1) is 0 Å². The first kappa shape index (κ1) is 16.4. The molecule has 3 aromatic rings. The van der Waals surface area contributed by atoms with Gasteiger partial charge in [-0.05, 0) is 47.9 Å². The van der Waals surface area contributed by atoms with E-state index in [1.807, 2.05) is 38.5 Å². The maximum atomic E-state index is 4.72. The van der Waals surface area contributed by atoms with E-state index < -0.39 is 0 Å². The molecule has 4 rings (SSSR count). The lowest BCUT2D eigenvalue weighted by molar-refractivity contribution is 0.720. The Balaban J connectivity index is 1.50. The minimum Gasteiger partial charge on any atom is -0.378 e. The van der Waals surface area contributed by atoms with Gasteiger partial charge in [0.25, 0.3) is 0 Å². The standard InChI is InChI=1S/C21H23N5/c1-25(2)19-9-7-18(8-10-19)23-21-22-13-11-20(24-21)26-14-12-16-5-3-4-6-17(16)15-26/h3-11,13H,12,14-15H2,1-2H3,(H,22,23,24). The van der Waals surface area contributed by atoms with Crippen molar-refractivity contribution in [1.29, 1.82) is 0 Å². The number of benzene rings is 2. The number of nitrogens with zero attached hydrogens (tertiary/aromatic N) is 4. The molecule has 0 fully saturated rings. The summed E-state index contributed by atoms with van der Waals surface area (Å²) in [5.74, 6) is 1.58. The van der Waals surface area contributed by atoms with E-state index in [2.05, 4.69) is 56.5 Å². The third kappa shape index (κ3) is 3.47. The van der Waals surface area contributed by atoms with Gasteiger partial charge in [-0.25, -0.2) is 4.98 Å². The molecule has 2 aromatic carbocycles. The molecule has 132 valence electrons. The number of hydrogen-bond acceptors (Lipinski definition) is 5. The summed E-state index contributed by atoms with van der Waals surface area (Å²) < 4.78 is 0. The van der Waals surface area contributed by atoms with Crippen LogP contribution >= 0.6 is 0 Å². The highest BCUT2D eigenvalue weighted by Crippen LogP contribution is 2.24. The topological polar surface area (TPSA) is 44.3 Å². The molecule has 1 aromatic heterocycles. The third-order valence-corrected chi connectivity index (χ3v) is 4.74. The van der Waals surface area contributed by atoms with Gasteiger partial charge in [0.15, 0.2) is 0 Å². The quantitative estimate of drug-likeness (QED) is 0.778. The predicted octanol–water partition coefficient (Wildman–Crippen LogP) is 3.85. The zero-order valence-electron chi connectivity index (χ0n) is 15.2. The van der Waals surface area contributed by atoms with Gasteiger partial charge in [0, 0.05) is 44.8 Å². The van der Waals surface area contributed by atoms with E-state index in [9.17, 15) is 0 Å². The molecule has 1 N–H and O–H groups in total. The Morgan fingerprint density at radius 2 is 1.73 bits per heavy atom. The molecule has 0 unspecified atom stereocenters. The highest BCUT2D eigenvalue weighted by Gasteiger charge is 2.17. The molecule has 0 bridgehead atoms. The zero-order valence-corrected chi connectivity index (χ0v) is 15.2. The first-order valence-electron chi connectivity index (χ1n) is 8.88. The fourth-order valence-electron chi connectivity index (χ4n) is 3.25. The highest BCUT2D eigenvalue weighted by molar-refractivity contribution is 5.60. The minimum absolute atomic E-state index is 0.624. The Hall–Kier alpha value is -3.08. The number of fused-ring (bicyclic) bond motifs is 1. The van der Waals surface area contributed by atoms with E-state index in [1.165, 1.54) is 11.1 Å². The largest absolute Gasteiger partial charge is 0.378 e. The molecule has 0 spiro atoms. The third-order valence-electron chi connectivity index (χ3n) is 4.74. The van der Waals surface area contributed by atoms with Crippen LogP contribution in [-0.2, 0) is 13.0 Å². The van der Waals surface area contributed by atoms with Crippen molar-refractivity contribution in [2.45, 2.75) is 13.0 Å². The SMILES string of the molecule is CN(C)c1ccc(Nc2nccc(N3CCc4ccccc4C3)n2)cc1. The van der Waals surface area contributed by atoms with Gasteiger partial charge in [0.2, 0.25) is 5.95 Å². The van der Waals surface area contributed by atoms with Gasteiger partial charge in [0.1, 0.15) is 5.82 Å². The number of rotatable bonds is 4. The average Bonchev–Trinajstić information content (AvgIpc) is 2.68. The van der Waals surface area contributed by atoms with E-state index in [1.54, 1.807) is 0 Å². The van der Waals surface area contributed by atoms with Gasteiger partial charge in [-0.1, -0.05) is 24.3 Å². The van der Waals surface area contributed by atoms with Crippen molar-refractivity contribution in [3.63, 3.8) is 0 Å². The summed E-state index contributed by atoms with van der Waals surface area (Å²) in [5.41, 5.74) is 4.97. The highest BCUT2D eigenvalue weighted by atomic mass is 15.2. The maximum Gasteiger partial charge on any atom is 0.229 e. The molecule has 0 radical (unpaired) electrons. The molecule has 1 aliphatic heterocycles. The van der Waals surface area contributed by atoms with Crippen molar-refractivity contribution in [2.75, 3.05) is 35.8 Å². The van der Waals surface area contributed by atoms with Crippen LogP contribution in [0.15, 0.2) is 60.8 Å². The summed E-state index contributed by atoms with van der Waals surface area (Å²) >= 11 is 0. The Morgan fingerprint density at radius 1 is 0.962 bits per heavy atom. The summed E-state index contributed by atoms with van der Waals surface area (Å²) in [6, 6.07) is 18.9. The molecular weight excluding hydrogens is 322 g/mol. The van der Waals surface area contributed by atoms with Crippen LogP contribution in [0.25, 0.3) is 0 Å².